The van der Waals surface area contributed by atoms with Crippen molar-refractivity contribution >= 4 is 25.5 Å². The molecule has 31 heavy (non-hydrogen) atoms. The highest BCUT2D eigenvalue weighted by Crippen LogP contribution is 2.36. The van der Waals surface area contributed by atoms with Gasteiger partial charge in [0.05, 0.1) is 22.1 Å². The number of sulfonamides is 1. The van der Waals surface area contributed by atoms with Crippen LogP contribution in [0.4, 0.5) is 18.9 Å². The Bertz CT molecular complexity index is 1130. The summed E-state index contributed by atoms with van der Waals surface area (Å²) < 4.78 is 95.3. The van der Waals surface area contributed by atoms with Crippen LogP contribution in [0.2, 0.25) is 0 Å². The third-order valence-corrected chi connectivity index (χ3v) is 8.26. The lowest BCUT2D eigenvalue weighted by molar-refractivity contribution is -0.0435. The van der Waals surface area contributed by atoms with Gasteiger partial charge in [-0.25, -0.2) is 16.8 Å². The number of hydrogen-bond donors (Lipinski definition) is 0. The summed E-state index contributed by atoms with van der Waals surface area (Å²) in [5.41, 5.74) is -5.53. The molecule has 0 bridgehead atoms. The molecule has 12 heteroatoms. The van der Waals surface area contributed by atoms with Crippen molar-refractivity contribution in [3.8, 4) is 5.75 Å². The Labute approximate surface area is 179 Å². The second-order valence-corrected chi connectivity index (χ2v) is 10.6. The summed E-state index contributed by atoms with van der Waals surface area (Å²) in [6, 6.07) is 10.8. The standard InChI is InChI=1S/C19H21F3N2O5S2/c1-2-29-15-7-9-16(10-8-15)31(27,28)24-13-11-23(12-14-24)17-5-3-4-6-18(17)30(25,26)19(20,21)22/h3-10H,2,11-14H2,1H3. The summed E-state index contributed by atoms with van der Waals surface area (Å²) in [6.07, 6.45) is 0. The summed E-state index contributed by atoms with van der Waals surface area (Å²) >= 11 is 0. The largest absolute Gasteiger partial charge is 0.501 e. The van der Waals surface area contributed by atoms with Crippen molar-refractivity contribution in [1.82, 2.24) is 4.31 Å². The van der Waals surface area contributed by atoms with Crippen LogP contribution in [0.15, 0.2) is 58.3 Å². The first kappa shape index (κ1) is 23.4. The average molecular weight is 479 g/mol. The van der Waals surface area contributed by atoms with Crippen molar-refractivity contribution in [2.45, 2.75) is 22.2 Å². The maximum absolute atomic E-state index is 13.0. The van der Waals surface area contributed by atoms with E-state index in [1.165, 1.54) is 39.5 Å². The molecule has 0 unspecified atom stereocenters. The van der Waals surface area contributed by atoms with Crippen LogP contribution >= 0.6 is 0 Å². The van der Waals surface area contributed by atoms with E-state index in [4.69, 9.17) is 4.74 Å². The number of ether oxygens (including phenoxy) is 1. The van der Waals surface area contributed by atoms with Crippen molar-refractivity contribution < 1.29 is 34.7 Å². The first-order valence-electron chi connectivity index (χ1n) is 9.37. The molecule has 2 aromatic rings. The average Bonchev–Trinajstić information content (AvgIpc) is 2.74. The molecule has 0 atom stereocenters. The van der Waals surface area contributed by atoms with E-state index in [0.717, 1.165) is 6.07 Å². The molecule has 0 amide bonds. The van der Waals surface area contributed by atoms with Crippen LogP contribution in [-0.4, -0.2) is 59.4 Å². The molecule has 7 nitrogen and oxygen atoms in total. The van der Waals surface area contributed by atoms with Crippen LogP contribution in [0.25, 0.3) is 0 Å². The SMILES string of the molecule is CCOc1ccc(S(=O)(=O)N2CCN(c3ccccc3S(=O)(=O)C(F)(F)F)CC2)cc1. The number of alkyl halides is 3. The Morgan fingerprint density at radius 1 is 0.903 bits per heavy atom. The molecule has 0 aromatic heterocycles. The fourth-order valence-corrected chi connectivity index (χ4v) is 5.66. The topological polar surface area (TPSA) is 84.0 Å². The summed E-state index contributed by atoms with van der Waals surface area (Å²) in [5.74, 6) is 0.536. The number of para-hydroxylation sites is 1. The first-order valence-corrected chi connectivity index (χ1v) is 12.3. The van der Waals surface area contributed by atoms with Crippen LogP contribution in [0.1, 0.15) is 6.92 Å². The Balaban J connectivity index is 1.79. The van der Waals surface area contributed by atoms with Gasteiger partial charge >= 0.3 is 5.51 Å². The highest BCUT2D eigenvalue weighted by atomic mass is 32.2. The molecule has 170 valence electrons. The molecule has 0 aliphatic carbocycles. The van der Waals surface area contributed by atoms with Gasteiger partial charge in [-0.15, -0.1) is 0 Å². The lowest BCUT2D eigenvalue weighted by Gasteiger charge is -2.36. The molecule has 3 rings (SSSR count). The third kappa shape index (κ3) is 4.65. The Morgan fingerprint density at radius 2 is 1.48 bits per heavy atom. The van der Waals surface area contributed by atoms with Gasteiger partial charge in [-0.2, -0.15) is 17.5 Å². The van der Waals surface area contributed by atoms with E-state index in [-0.39, 0.29) is 36.8 Å². The molecule has 0 spiro atoms. The zero-order valence-electron chi connectivity index (χ0n) is 16.5. The van der Waals surface area contributed by atoms with Crippen LogP contribution in [0.5, 0.6) is 5.75 Å². The molecule has 1 heterocycles. The van der Waals surface area contributed by atoms with Gasteiger partial charge in [0, 0.05) is 26.2 Å². The van der Waals surface area contributed by atoms with Crippen LogP contribution in [-0.2, 0) is 19.9 Å². The van der Waals surface area contributed by atoms with Crippen molar-refractivity contribution in [3.63, 3.8) is 0 Å². The number of nitrogens with zero attached hydrogens (tertiary/aromatic N) is 2. The van der Waals surface area contributed by atoms with Gasteiger partial charge in [-0.05, 0) is 43.3 Å². The quantitative estimate of drug-likeness (QED) is 0.635. The van der Waals surface area contributed by atoms with E-state index in [2.05, 4.69) is 0 Å². The van der Waals surface area contributed by atoms with Gasteiger partial charge < -0.3 is 9.64 Å². The summed E-state index contributed by atoms with van der Waals surface area (Å²) in [4.78, 5) is 0.679. The monoisotopic (exact) mass is 478 g/mol. The van der Waals surface area contributed by atoms with Crippen molar-refractivity contribution in [3.05, 3.63) is 48.5 Å². The van der Waals surface area contributed by atoms with E-state index in [1.807, 2.05) is 6.92 Å². The number of anilines is 1. The van der Waals surface area contributed by atoms with Crippen molar-refractivity contribution in [2.24, 2.45) is 0 Å². The molecule has 1 saturated heterocycles. The van der Waals surface area contributed by atoms with E-state index >= 15 is 0 Å². The maximum atomic E-state index is 13.0. The fourth-order valence-electron chi connectivity index (χ4n) is 3.26. The fraction of sp³-hybridized carbons (Fsp3) is 0.368. The number of halogens is 3. The molecule has 1 aliphatic heterocycles. The minimum atomic E-state index is -5.54. The first-order chi connectivity index (χ1) is 14.5. The van der Waals surface area contributed by atoms with Crippen LogP contribution in [0.3, 0.4) is 0 Å². The van der Waals surface area contributed by atoms with Gasteiger partial charge in [-0.3, -0.25) is 0 Å². The predicted octanol–water partition coefficient (Wildman–Crippen LogP) is 2.89. The highest BCUT2D eigenvalue weighted by Gasteiger charge is 2.48. The number of piperazine rings is 1. The molecule has 0 radical (unpaired) electrons. The summed E-state index contributed by atoms with van der Waals surface area (Å²) in [7, 11) is -9.34. The minimum absolute atomic E-state index is 0.00402. The second kappa shape index (κ2) is 8.67. The van der Waals surface area contributed by atoms with Gasteiger partial charge in [0.25, 0.3) is 9.84 Å². The lowest BCUT2D eigenvalue weighted by atomic mass is 10.2. The Morgan fingerprint density at radius 3 is 2.03 bits per heavy atom. The maximum Gasteiger partial charge on any atom is 0.501 e. The third-order valence-electron chi connectivity index (χ3n) is 4.81. The molecular weight excluding hydrogens is 457 g/mol. The summed E-state index contributed by atoms with van der Waals surface area (Å²) in [5, 5.41) is 0. The van der Waals surface area contributed by atoms with E-state index in [0.29, 0.717) is 12.4 Å². The van der Waals surface area contributed by atoms with Crippen molar-refractivity contribution in [1.29, 1.82) is 0 Å². The van der Waals surface area contributed by atoms with E-state index in [9.17, 15) is 30.0 Å². The predicted molar refractivity (Wildman–Crippen MR) is 108 cm³/mol. The molecule has 2 aromatic carbocycles. The Kier molecular flexibility index (Phi) is 6.53. The number of rotatable bonds is 6. The molecular formula is C19H21F3N2O5S2. The lowest BCUT2D eigenvalue weighted by Crippen LogP contribution is -2.49. The smallest absolute Gasteiger partial charge is 0.494 e. The van der Waals surface area contributed by atoms with Crippen molar-refractivity contribution in [2.75, 3.05) is 37.7 Å². The number of benzene rings is 2. The summed E-state index contributed by atoms with van der Waals surface area (Å²) in [6.45, 7) is 2.33. The van der Waals surface area contributed by atoms with Gasteiger partial charge in [-0.1, -0.05) is 12.1 Å². The number of sulfone groups is 1. The molecule has 0 saturated carbocycles. The van der Waals surface area contributed by atoms with Gasteiger partial charge in [0.2, 0.25) is 10.0 Å². The van der Waals surface area contributed by atoms with Gasteiger partial charge in [0.15, 0.2) is 0 Å². The normalized spacial score (nSPS) is 16.3. The molecule has 0 N–H and O–H groups in total. The van der Waals surface area contributed by atoms with E-state index < -0.39 is 30.3 Å². The second-order valence-electron chi connectivity index (χ2n) is 6.71. The molecule has 1 fully saturated rings. The zero-order chi connectivity index (χ0) is 22.9. The minimum Gasteiger partial charge on any atom is -0.494 e. The highest BCUT2D eigenvalue weighted by molar-refractivity contribution is 7.92. The van der Waals surface area contributed by atoms with Crippen LogP contribution < -0.4 is 9.64 Å². The van der Waals surface area contributed by atoms with Crippen LogP contribution in [0, 0.1) is 0 Å². The Hall–Kier alpha value is -2.31. The zero-order valence-corrected chi connectivity index (χ0v) is 18.2. The van der Waals surface area contributed by atoms with E-state index in [1.54, 1.807) is 12.1 Å². The number of hydrogen-bond acceptors (Lipinski definition) is 6. The van der Waals surface area contributed by atoms with Gasteiger partial charge in [0.1, 0.15) is 5.75 Å². The molecule has 1 aliphatic rings.